The molecule has 23 heavy (non-hydrogen) atoms. The van der Waals surface area contributed by atoms with Crippen molar-refractivity contribution in [1.29, 1.82) is 0 Å². The van der Waals surface area contributed by atoms with Crippen LogP contribution in [0.3, 0.4) is 0 Å². The summed E-state index contributed by atoms with van der Waals surface area (Å²) in [5, 5.41) is 2.95. The average molecular weight is 311 g/mol. The van der Waals surface area contributed by atoms with Crippen LogP contribution in [0.4, 0.5) is 5.69 Å². The van der Waals surface area contributed by atoms with Crippen LogP contribution in [0.15, 0.2) is 42.5 Å². The number of ether oxygens (including phenoxy) is 1. The molecule has 2 aromatic carbocycles. The fourth-order valence-electron chi connectivity index (χ4n) is 2.39. The van der Waals surface area contributed by atoms with Gasteiger partial charge in [0.2, 0.25) is 0 Å². The van der Waals surface area contributed by atoms with E-state index in [0.29, 0.717) is 5.56 Å². The van der Waals surface area contributed by atoms with Gasteiger partial charge >= 0.3 is 0 Å². The summed E-state index contributed by atoms with van der Waals surface area (Å²) in [5.41, 5.74) is 3.73. The van der Waals surface area contributed by atoms with E-state index in [1.165, 1.54) is 18.4 Å². The lowest BCUT2D eigenvalue weighted by molar-refractivity contribution is 0.102. The Morgan fingerprint density at radius 2 is 1.78 bits per heavy atom. The molecular weight excluding hydrogens is 286 g/mol. The molecule has 0 saturated heterocycles. The van der Waals surface area contributed by atoms with E-state index >= 15 is 0 Å². The van der Waals surface area contributed by atoms with Crippen molar-refractivity contribution >= 4 is 11.6 Å². The maximum atomic E-state index is 12.3. The number of nitrogens with one attached hydrogen (secondary N) is 1. The molecule has 1 amide bonds. The van der Waals surface area contributed by atoms with Crippen molar-refractivity contribution in [1.82, 2.24) is 0 Å². The molecular formula is C20H25NO2. The lowest BCUT2D eigenvalue weighted by atomic mass is 10.1. The van der Waals surface area contributed by atoms with Gasteiger partial charge in [0.1, 0.15) is 5.75 Å². The van der Waals surface area contributed by atoms with Crippen LogP contribution >= 0.6 is 0 Å². The second kappa shape index (κ2) is 8.37. The maximum Gasteiger partial charge on any atom is 0.255 e. The molecule has 2 aromatic rings. The number of benzene rings is 2. The highest BCUT2D eigenvalue weighted by molar-refractivity contribution is 6.04. The first-order valence-corrected chi connectivity index (χ1v) is 8.21. The van der Waals surface area contributed by atoms with Crippen molar-refractivity contribution in [2.24, 2.45) is 0 Å². The monoisotopic (exact) mass is 311 g/mol. The second-order valence-corrected chi connectivity index (χ2v) is 5.85. The first kappa shape index (κ1) is 17.1. The summed E-state index contributed by atoms with van der Waals surface area (Å²) >= 11 is 0. The van der Waals surface area contributed by atoms with E-state index in [1.807, 2.05) is 38.1 Å². The van der Waals surface area contributed by atoms with Gasteiger partial charge < -0.3 is 10.1 Å². The predicted octanol–water partition coefficient (Wildman–Crippen LogP) is 5.12. The number of hydrogen-bond donors (Lipinski definition) is 1. The molecule has 3 heteroatoms. The zero-order valence-corrected chi connectivity index (χ0v) is 14.2. The van der Waals surface area contributed by atoms with Gasteiger partial charge in [-0.2, -0.15) is 0 Å². The van der Waals surface area contributed by atoms with E-state index < -0.39 is 0 Å². The first-order chi connectivity index (χ1) is 11.1. The third-order valence-corrected chi connectivity index (χ3v) is 3.76. The average Bonchev–Trinajstić information content (AvgIpc) is 2.55. The topological polar surface area (TPSA) is 38.3 Å². The number of aryl methyl sites for hydroxylation is 2. The molecule has 0 unspecified atom stereocenters. The normalized spacial score (nSPS) is 10.4. The smallest absolute Gasteiger partial charge is 0.255 e. The third-order valence-electron chi connectivity index (χ3n) is 3.76. The number of amides is 1. The van der Waals surface area contributed by atoms with Crippen LogP contribution in [-0.4, -0.2) is 12.5 Å². The first-order valence-electron chi connectivity index (χ1n) is 8.21. The van der Waals surface area contributed by atoms with Gasteiger partial charge in [-0.15, -0.1) is 0 Å². The Kier molecular flexibility index (Phi) is 6.21. The Morgan fingerprint density at radius 1 is 1.04 bits per heavy atom. The van der Waals surface area contributed by atoms with Gasteiger partial charge in [0.05, 0.1) is 6.61 Å². The predicted molar refractivity (Wildman–Crippen MR) is 95.3 cm³/mol. The number of unbranched alkanes of at least 4 members (excludes halogenated alkanes) is 2. The van der Waals surface area contributed by atoms with E-state index in [1.54, 1.807) is 12.1 Å². The van der Waals surface area contributed by atoms with Crippen LogP contribution in [0, 0.1) is 13.8 Å². The van der Waals surface area contributed by atoms with Crippen LogP contribution in [0.25, 0.3) is 0 Å². The van der Waals surface area contributed by atoms with Crippen molar-refractivity contribution < 1.29 is 9.53 Å². The Bertz CT molecular complexity index is 647. The largest absolute Gasteiger partial charge is 0.494 e. The van der Waals surface area contributed by atoms with Gasteiger partial charge in [-0.3, -0.25) is 4.79 Å². The highest BCUT2D eigenvalue weighted by Crippen LogP contribution is 2.18. The molecule has 0 aromatic heterocycles. The Hall–Kier alpha value is -2.29. The molecule has 0 aliphatic rings. The van der Waals surface area contributed by atoms with Crippen molar-refractivity contribution in [2.75, 3.05) is 11.9 Å². The molecule has 122 valence electrons. The molecule has 3 nitrogen and oxygen atoms in total. The van der Waals surface area contributed by atoms with Gasteiger partial charge in [0.15, 0.2) is 0 Å². The van der Waals surface area contributed by atoms with Gasteiger partial charge in [0.25, 0.3) is 5.91 Å². The molecule has 0 heterocycles. The summed E-state index contributed by atoms with van der Waals surface area (Å²) in [6, 6.07) is 13.3. The summed E-state index contributed by atoms with van der Waals surface area (Å²) in [6.07, 6.45) is 3.42. The van der Waals surface area contributed by atoms with Crippen LogP contribution in [-0.2, 0) is 0 Å². The SMILES string of the molecule is CCCCCOc1ccc(C(=O)Nc2ccc(C)cc2C)cc1. The van der Waals surface area contributed by atoms with Crippen molar-refractivity contribution in [2.45, 2.75) is 40.0 Å². The number of carbonyl (C=O) groups is 1. The van der Waals surface area contributed by atoms with Crippen LogP contribution in [0.5, 0.6) is 5.75 Å². The molecule has 0 aliphatic carbocycles. The number of anilines is 1. The molecule has 0 saturated carbocycles. The van der Waals surface area contributed by atoms with Crippen molar-refractivity contribution in [3.63, 3.8) is 0 Å². The van der Waals surface area contributed by atoms with Gasteiger partial charge in [0, 0.05) is 11.3 Å². The molecule has 0 spiro atoms. The van der Waals surface area contributed by atoms with E-state index in [-0.39, 0.29) is 5.91 Å². The standard InChI is InChI=1S/C20H25NO2/c1-4-5-6-13-23-18-10-8-17(9-11-18)20(22)21-19-12-7-15(2)14-16(19)3/h7-12,14H,4-6,13H2,1-3H3,(H,21,22). The van der Waals surface area contributed by atoms with E-state index in [4.69, 9.17) is 4.74 Å². The molecule has 0 atom stereocenters. The minimum atomic E-state index is -0.102. The Labute approximate surface area is 138 Å². The van der Waals surface area contributed by atoms with Gasteiger partial charge in [-0.1, -0.05) is 37.5 Å². The van der Waals surface area contributed by atoms with Gasteiger partial charge in [-0.25, -0.2) is 0 Å². The highest BCUT2D eigenvalue weighted by Gasteiger charge is 2.08. The van der Waals surface area contributed by atoms with Crippen molar-refractivity contribution in [3.05, 3.63) is 59.2 Å². The third kappa shape index (κ3) is 5.13. The lowest BCUT2D eigenvalue weighted by Gasteiger charge is -2.10. The summed E-state index contributed by atoms with van der Waals surface area (Å²) in [7, 11) is 0. The molecule has 0 aliphatic heterocycles. The summed E-state index contributed by atoms with van der Waals surface area (Å²) in [4.78, 5) is 12.3. The van der Waals surface area contributed by atoms with Crippen LogP contribution < -0.4 is 10.1 Å². The fourth-order valence-corrected chi connectivity index (χ4v) is 2.39. The summed E-state index contributed by atoms with van der Waals surface area (Å²) in [6.45, 7) is 6.93. The lowest BCUT2D eigenvalue weighted by Crippen LogP contribution is -2.12. The van der Waals surface area contributed by atoms with Crippen LogP contribution in [0.2, 0.25) is 0 Å². The fraction of sp³-hybridized carbons (Fsp3) is 0.350. The Balaban J connectivity index is 1.94. The minimum absolute atomic E-state index is 0.102. The number of hydrogen-bond acceptors (Lipinski definition) is 2. The number of carbonyl (C=O) groups excluding carboxylic acids is 1. The van der Waals surface area contributed by atoms with Crippen LogP contribution in [0.1, 0.15) is 47.7 Å². The van der Waals surface area contributed by atoms with E-state index in [9.17, 15) is 4.79 Å². The molecule has 0 fully saturated rings. The quantitative estimate of drug-likeness (QED) is 0.720. The van der Waals surface area contributed by atoms with E-state index in [0.717, 1.165) is 30.0 Å². The Morgan fingerprint density at radius 3 is 2.43 bits per heavy atom. The minimum Gasteiger partial charge on any atom is -0.494 e. The summed E-state index contributed by atoms with van der Waals surface area (Å²) in [5.74, 6) is 0.707. The zero-order chi connectivity index (χ0) is 16.7. The maximum absolute atomic E-state index is 12.3. The van der Waals surface area contributed by atoms with Crippen molar-refractivity contribution in [3.8, 4) is 5.75 Å². The van der Waals surface area contributed by atoms with Gasteiger partial charge in [-0.05, 0) is 56.2 Å². The summed E-state index contributed by atoms with van der Waals surface area (Å²) < 4.78 is 5.66. The number of rotatable bonds is 7. The van der Waals surface area contributed by atoms with E-state index in [2.05, 4.69) is 18.3 Å². The highest BCUT2D eigenvalue weighted by atomic mass is 16.5. The molecule has 0 radical (unpaired) electrons. The zero-order valence-electron chi connectivity index (χ0n) is 14.2. The second-order valence-electron chi connectivity index (χ2n) is 5.85. The molecule has 0 bridgehead atoms. The molecule has 2 rings (SSSR count). The molecule has 1 N–H and O–H groups in total.